The largest absolute Gasteiger partial charge is 0.457 e. The third-order valence-electron chi connectivity index (χ3n) is 6.40. The molecule has 0 bridgehead atoms. The van der Waals surface area contributed by atoms with Crippen LogP contribution in [0.1, 0.15) is 67.7 Å². The van der Waals surface area contributed by atoms with E-state index in [0.29, 0.717) is 0 Å². The van der Waals surface area contributed by atoms with Gasteiger partial charge in [-0.15, -0.1) is 0 Å². The van der Waals surface area contributed by atoms with Gasteiger partial charge in [0, 0.05) is 31.8 Å². The Bertz CT molecular complexity index is 860. The summed E-state index contributed by atoms with van der Waals surface area (Å²) in [4.78, 5) is 37.7. The fourth-order valence-electron chi connectivity index (χ4n) is 3.69. The number of rotatable bonds is 7. The molecule has 9 heteroatoms. The van der Waals surface area contributed by atoms with Crippen LogP contribution in [0.5, 0.6) is 0 Å². The van der Waals surface area contributed by atoms with E-state index in [0.717, 1.165) is 5.57 Å². The number of hydrogen-bond donors (Lipinski definition) is 2. The molecule has 6 atom stereocenters. The molecule has 210 valence electrons. The maximum Gasteiger partial charge on any atom is 0.409 e. The van der Waals surface area contributed by atoms with Gasteiger partial charge in [-0.3, -0.25) is 9.59 Å². The third-order valence-corrected chi connectivity index (χ3v) is 6.40. The van der Waals surface area contributed by atoms with Crippen LogP contribution in [0.4, 0.5) is 4.79 Å². The zero-order valence-corrected chi connectivity index (χ0v) is 23.5. The van der Waals surface area contributed by atoms with Crippen molar-refractivity contribution in [2.24, 2.45) is 11.8 Å². The van der Waals surface area contributed by atoms with E-state index in [1.54, 1.807) is 26.1 Å². The highest BCUT2D eigenvalue weighted by atomic mass is 16.6. The highest BCUT2D eigenvalue weighted by Crippen LogP contribution is 2.27. The number of allylic oxidation sites excluding steroid dienone is 2. The van der Waals surface area contributed by atoms with Gasteiger partial charge in [0.15, 0.2) is 0 Å². The second-order valence-electron chi connectivity index (χ2n) is 10.5. The second kappa shape index (κ2) is 14.9. The van der Waals surface area contributed by atoms with Crippen molar-refractivity contribution in [3.8, 4) is 0 Å². The predicted molar refractivity (Wildman–Crippen MR) is 141 cm³/mol. The molecule has 0 aromatic carbocycles. The normalized spacial score (nSPS) is 29.6. The Balaban J connectivity index is 3.05. The van der Waals surface area contributed by atoms with Gasteiger partial charge in [-0.25, -0.2) is 4.79 Å². The average Bonchev–Trinajstić information content (AvgIpc) is 2.80. The minimum atomic E-state index is -1.42. The van der Waals surface area contributed by atoms with Crippen LogP contribution in [-0.4, -0.2) is 76.8 Å². The number of carbonyl (C=O) groups excluding carboxylic acids is 3. The van der Waals surface area contributed by atoms with Crippen molar-refractivity contribution in [2.75, 3.05) is 13.7 Å². The molecule has 0 radical (unpaired) electrons. The summed E-state index contributed by atoms with van der Waals surface area (Å²) in [6.07, 6.45) is 6.02. The molecular formula is C28H45NO8. The molecule has 2 N–H and O–H groups in total. The molecule has 0 saturated heterocycles. The number of ether oxygens (including phenoxy) is 3. The molecule has 9 nitrogen and oxygen atoms in total. The highest BCUT2D eigenvalue weighted by molar-refractivity contribution is 5.70. The van der Waals surface area contributed by atoms with E-state index < -0.39 is 35.9 Å². The Kier molecular flexibility index (Phi) is 13.1. The van der Waals surface area contributed by atoms with Gasteiger partial charge in [-0.2, -0.15) is 0 Å². The van der Waals surface area contributed by atoms with Crippen LogP contribution in [0.3, 0.4) is 0 Å². The summed E-state index contributed by atoms with van der Waals surface area (Å²) >= 11 is 0. The van der Waals surface area contributed by atoms with Gasteiger partial charge in [-0.1, -0.05) is 38.2 Å². The summed E-state index contributed by atoms with van der Waals surface area (Å²) in [6, 6.07) is 0.0464. The lowest BCUT2D eigenvalue weighted by molar-refractivity contribution is -0.157. The van der Waals surface area contributed by atoms with Crippen molar-refractivity contribution in [2.45, 2.75) is 97.7 Å². The van der Waals surface area contributed by atoms with Crippen molar-refractivity contribution in [3.63, 3.8) is 0 Å². The monoisotopic (exact) mass is 523 g/mol. The average molecular weight is 524 g/mol. The molecule has 37 heavy (non-hydrogen) atoms. The summed E-state index contributed by atoms with van der Waals surface area (Å²) < 4.78 is 16.4. The first kappa shape index (κ1) is 32.4. The number of nitrogens with zero attached hydrogens (tertiary/aromatic N) is 1. The van der Waals surface area contributed by atoms with E-state index in [-0.39, 0.29) is 49.8 Å². The summed E-state index contributed by atoms with van der Waals surface area (Å²) in [5, 5.41) is 21.2. The molecule has 1 rings (SSSR count). The Hall–Kier alpha value is -2.65. The van der Waals surface area contributed by atoms with E-state index in [2.05, 4.69) is 0 Å². The summed E-state index contributed by atoms with van der Waals surface area (Å²) in [5.74, 6) is -1.42. The topological polar surface area (TPSA) is 123 Å². The minimum absolute atomic E-state index is 0.0355. The van der Waals surface area contributed by atoms with Gasteiger partial charge in [0.2, 0.25) is 0 Å². The number of hydrogen-bond acceptors (Lipinski definition) is 8. The van der Waals surface area contributed by atoms with Crippen molar-refractivity contribution in [1.82, 2.24) is 4.90 Å². The Morgan fingerprint density at radius 2 is 1.92 bits per heavy atom. The first-order valence-corrected chi connectivity index (χ1v) is 12.8. The van der Waals surface area contributed by atoms with Crippen molar-refractivity contribution < 1.29 is 38.8 Å². The number of aliphatic hydroxyl groups excluding tert-OH is 1. The molecule has 0 aromatic rings. The summed E-state index contributed by atoms with van der Waals surface area (Å²) in [7, 11) is 1.69. The lowest BCUT2D eigenvalue weighted by atomic mass is 9.88. The van der Waals surface area contributed by atoms with Crippen LogP contribution in [0.2, 0.25) is 0 Å². The quantitative estimate of drug-likeness (QED) is 0.223. The fraction of sp³-hybridized carbons (Fsp3) is 0.679. The highest BCUT2D eigenvalue weighted by Gasteiger charge is 2.35. The van der Waals surface area contributed by atoms with E-state index in [1.807, 2.05) is 52.8 Å². The molecule has 1 aliphatic heterocycles. The van der Waals surface area contributed by atoms with E-state index in [9.17, 15) is 24.6 Å². The molecular weight excluding hydrogens is 478 g/mol. The van der Waals surface area contributed by atoms with Crippen molar-refractivity contribution in [1.29, 1.82) is 0 Å². The number of amides is 1. The number of aliphatic hydroxyl groups is 2. The van der Waals surface area contributed by atoms with Gasteiger partial charge in [0.05, 0.1) is 19.1 Å². The lowest BCUT2D eigenvalue weighted by Gasteiger charge is -2.32. The molecule has 1 heterocycles. The van der Waals surface area contributed by atoms with Crippen LogP contribution in [-0.2, 0) is 23.8 Å². The van der Waals surface area contributed by atoms with Crippen LogP contribution >= 0.6 is 0 Å². The van der Waals surface area contributed by atoms with Crippen LogP contribution in [0.15, 0.2) is 36.0 Å². The first-order valence-electron chi connectivity index (χ1n) is 12.8. The molecule has 0 unspecified atom stereocenters. The molecule has 0 aromatic heterocycles. The molecule has 0 aliphatic carbocycles. The van der Waals surface area contributed by atoms with E-state index in [1.165, 1.54) is 11.8 Å². The molecule has 0 spiro atoms. The minimum Gasteiger partial charge on any atom is -0.457 e. The number of carbonyl (C=O) groups is 3. The van der Waals surface area contributed by atoms with E-state index in [4.69, 9.17) is 14.2 Å². The summed E-state index contributed by atoms with van der Waals surface area (Å²) in [5.41, 5.74) is -0.661. The van der Waals surface area contributed by atoms with Gasteiger partial charge in [0.1, 0.15) is 17.8 Å². The predicted octanol–water partition coefficient (Wildman–Crippen LogP) is 3.93. The van der Waals surface area contributed by atoms with Gasteiger partial charge >= 0.3 is 18.0 Å². The third kappa shape index (κ3) is 11.5. The van der Waals surface area contributed by atoms with E-state index >= 15 is 0 Å². The lowest BCUT2D eigenvalue weighted by Crippen LogP contribution is -2.42. The molecule has 0 saturated carbocycles. The number of cyclic esters (lactones) is 1. The zero-order valence-electron chi connectivity index (χ0n) is 23.5. The number of esters is 2. The van der Waals surface area contributed by atoms with Crippen molar-refractivity contribution in [3.05, 3.63) is 36.0 Å². The maximum atomic E-state index is 12.5. The van der Waals surface area contributed by atoms with Gasteiger partial charge < -0.3 is 29.3 Å². The van der Waals surface area contributed by atoms with Crippen LogP contribution < -0.4 is 0 Å². The summed E-state index contributed by atoms with van der Waals surface area (Å²) in [6.45, 7) is 12.5. The van der Waals surface area contributed by atoms with Crippen molar-refractivity contribution >= 4 is 18.0 Å². The smallest absolute Gasteiger partial charge is 0.409 e. The Labute approximate surface area is 221 Å². The zero-order chi connectivity index (χ0) is 28.3. The second-order valence-corrected chi connectivity index (χ2v) is 10.5. The van der Waals surface area contributed by atoms with Crippen LogP contribution in [0, 0.1) is 11.8 Å². The van der Waals surface area contributed by atoms with Crippen LogP contribution in [0.25, 0.3) is 0 Å². The standard InChI is InChI=1S/C28H45NO8/c1-18(2)29(8)27(33)35-17-19(3)10-9-11-20(4)26-21(5)12-13-24(36-22(6)30)28(7,34)15-14-23(31)16-25(32)37-26/h9-13,18-19,21,23-24,26,31,34H,14-17H2,1-8H3/b10-9+,13-12+,20-11+/t19-,21-,23-,24-,26+,28-/m0/s1. The van der Waals surface area contributed by atoms with Gasteiger partial charge in [0.25, 0.3) is 0 Å². The molecule has 0 fully saturated rings. The molecule has 1 amide bonds. The first-order chi connectivity index (χ1) is 17.1. The van der Waals surface area contributed by atoms with Gasteiger partial charge in [-0.05, 0) is 52.2 Å². The molecule has 1 aliphatic rings. The fourth-order valence-corrected chi connectivity index (χ4v) is 3.69. The Morgan fingerprint density at radius 3 is 2.51 bits per heavy atom. The Morgan fingerprint density at radius 1 is 1.27 bits per heavy atom. The SMILES string of the molecule is CC(=O)O[C@H]1/C=C/[C@H](C)[C@@H](/C(C)=C/C=C/[C@H](C)COC(=O)N(C)C(C)C)OC(=O)C[C@@H](O)CC[C@]1(C)O. The maximum absolute atomic E-state index is 12.5.